The maximum atomic E-state index is 15.2. The molecule has 4 nitrogen and oxygen atoms in total. The maximum absolute atomic E-state index is 15.2. The molecule has 1 fully saturated rings. The summed E-state index contributed by atoms with van der Waals surface area (Å²) in [5.74, 6) is 0.300. The Morgan fingerprint density at radius 2 is 1.74 bits per heavy atom. The summed E-state index contributed by atoms with van der Waals surface area (Å²) >= 11 is 0. The van der Waals surface area contributed by atoms with E-state index in [1.54, 1.807) is 13.2 Å². The third-order valence-electron chi connectivity index (χ3n) is 7.07. The highest BCUT2D eigenvalue weighted by Crippen LogP contribution is 2.37. The lowest BCUT2D eigenvalue weighted by atomic mass is 9.86. The molecule has 1 aliphatic rings. The second-order valence-electron chi connectivity index (χ2n) is 9.45. The molecule has 5 heteroatoms. The highest BCUT2D eigenvalue weighted by Gasteiger charge is 2.28. The summed E-state index contributed by atoms with van der Waals surface area (Å²) in [5, 5.41) is 1.06. The number of carbonyl (C=O) groups excluding carboxylic acids is 1. The van der Waals surface area contributed by atoms with Crippen LogP contribution in [-0.4, -0.2) is 35.6 Å². The Hall–Kier alpha value is -3.60. The van der Waals surface area contributed by atoms with E-state index in [2.05, 4.69) is 35.0 Å². The van der Waals surface area contributed by atoms with Gasteiger partial charge in [0.25, 0.3) is 0 Å². The van der Waals surface area contributed by atoms with Crippen LogP contribution in [0, 0.1) is 12.7 Å². The third-order valence-corrected chi connectivity index (χ3v) is 7.07. The highest BCUT2D eigenvalue weighted by molar-refractivity contribution is 5.87. The molecule has 0 unspecified atom stereocenters. The predicted molar refractivity (Wildman–Crippen MR) is 137 cm³/mol. The van der Waals surface area contributed by atoms with Gasteiger partial charge in [-0.1, -0.05) is 48.0 Å². The van der Waals surface area contributed by atoms with Gasteiger partial charge in [-0.05, 0) is 60.7 Å². The molecular weight excluding hydrogens is 439 g/mol. The van der Waals surface area contributed by atoms with Crippen LogP contribution in [0.25, 0.3) is 10.9 Å². The SMILES string of the molecule is COc1ccc(Cn2cc([C@@H](CC(=O)N3CCCC3)c3cc(C)ccc3F)c3ccccc32)cc1. The predicted octanol–water partition coefficient (Wildman–Crippen LogP) is 6.29. The van der Waals surface area contributed by atoms with E-state index in [1.165, 1.54) is 6.07 Å². The molecule has 35 heavy (non-hydrogen) atoms. The largest absolute Gasteiger partial charge is 0.497 e. The standard InChI is InChI=1S/C30H31FN2O2/c1-21-9-14-28(31)26(17-21)25(18-30(34)32-15-5-6-16-32)27-20-33(29-8-4-3-7-24(27)29)19-22-10-12-23(35-2)13-11-22/h3-4,7-14,17,20,25H,5-6,15-16,18-19H2,1-2H3/t25-/m0/s1. The van der Waals surface area contributed by atoms with E-state index in [0.717, 1.165) is 59.3 Å². The number of hydrogen-bond acceptors (Lipinski definition) is 2. The molecule has 3 aromatic carbocycles. The van der Waals surface area contributed by atoms with Gasteiger partial charge in [0.1, 0.15) is 11.6 Å². The zero-order valence-corrected chi connectivity index (χ0v) is 20.3. The molecule has 4 aromatic rings. The van der Waals surface area contributed by atoms with Crippen molar-refractivity contribution < 1.29 is 13.9 Å². The summed E-state index contributed by atoms with van der Waals surface area (Å²) < 4.78 is 22.7. The lowest BCUT2D eigenvalue weighted by Gasteiger charge is -2.22. The fraction of sp³-hybridized carbons (Fsp3) is 0.300. The summed E-state index contributed by atoms with van der Waals surface area (Å²) in [6.07, 6.45) is 4.45. The molecule has 180 valence electrons. The van der Waals surface area contributed by atoms with Crippen molar-refractivity contribution in [2.45, 2.75) is 38.6 Å². The lowest BCUT2D eigenvalue weighted by molar-refractivity contribution is -0.130. The van der Waals surface area contributed by atoms with Crippen molar-refractivity contribution in [1.82, 2.24) is 9.47 Å². The van der Waals surface area contributed by atoms with Gasteiger partial charge in [-0.3, -0.25) is 4.79 Å². The van der Waals surface area contributed by atoms with Crippen LogP contribution < -0.4 is 4.74 Å². The number of aryl methyl sites for hydroxylation is 1. The molecule has 1 aromatic heterocycles. The lowest BCUT2D eigenvalue weighted by Crippen LogP contribution is -2.29. The maximum Gasteiger partial charge on any atom is 0.223 e. The van der Waals surface area contributed by atoms with Gasteiger partial charge in [-0.15, -0.1) is 0 Å². The third kappa shape index (κ3) is 4.81. The molecule has 0 spiro atoms. The number of carbonyl (C=O) groups is 1. The monoisotopic (exact) mass is 470 g/mol. The zero-order valence-electron chi connectivity index (χ0n) is 20.3. The van der Waals surface area contributed by atoms with Gasteiger partial charge >= 0.3 is 0 Å². The van der Waals surface area contributed by atoms with E-state index in [4.69, 9.17) is 4.74 Å². The number of likely N-dealkylation sites (tertiary alicyclic amines) is 1. The van der Waals surface area contributed by atoms with Crippen LogP contribution in [0.1, 0.15) is 47.4 Å². The molecule has 5 rings (SSSR count). The number of aromatic nitrogens is 1. The number of rotatable bonds is 7. The van der Waals surface area contributed by atoms with E-state index in [9.17, 15) is 4.79 Å². The van der Waals surface area contributed by atoms with Crippen molar-refractivity contribution in [3.8, 4) is 5.75 Å². The van der Waals surface area contributed by atoms with Crippen LogP contribution in [0.15, 0.2) is 72.9 Å². The van der Waals surface area contributed by atoms with Crippen LogP contribution in [0.2, 0.25) is 0 Å². The molecule has 1 aliphatic heterocycles. The van der Waals surface area contributed by atoms with Gasteiger partial charge in [-0.25, -0.2) is 4.39 Å². The fourth-order valence-electron chi connectivity index (χ4n) is 5.20. The van der Waals surface area contributed by atoms with Gasteiger partial charge in [0.2, 0.25) is 5.91 Å². The van der Waals surface area contributed by atoms with E-state index >= 15 is 4.39 Å². The van der Waals surface area contributed by atoms with Crippen LogP contribution in [0.3, 0.4) is 0 Å². The van der Waals surface area contributed by atoms with Crippen LogP contribution in [0.4, 0.5) is 4.39 Å². The second-order valence-corrected chi connectivity index (χ2v) is 9.45. The summed E-state index contributed by atoms with van der Waals surface area (Å²) in [5.41, 5.74) is 4.78. The number of para-hydroxylation sites is 1. The van der Waals surface area contributed by atoms with Crippen LogP contribution in [-0.2, 0) is 11.3 Å². The number of ether oxygens (including phenoxy) is 1. The average Bonchev–Trinajstić information content (AvgIpc) is 3.54. The van der Waals surface area contributed by atoms with Crippen molar-refractivity contribution in [3.63, 3.8) is 0 Å². The van der Waals surface area contributed by atoms with Gasteiger partial charge in [0, 0.05) is 49.1 Å². The Kier molecular flexibility index (Phi) is 6.58. The average molecular weight is 471 g/mol. The van der Waals surface area contributed by atoms with Crippen molar-refractivity contribution in [3.05, 3.63) is 101 Å². The number of fused-ring (bicyclic) bond motifs is 1. The van der Waals surface area contributed by atoms with E-state index < -0.39 is 0 Å². The van der Waals surface area contributed by atoms with Gasteiger partial charge in [-0.2, -0.15) is 0 Å². The number of benzene rings is 3. The summed E-state index contributed by atoms with van der Waals surface area (Å²) in [4.78, 5) is 15.2. The van der Waals surface area contributed by atoms with Crippen LogP contribution >= 0.6 is 0 Å². The smallest absolute Gasteiger partial charge is 0.223 e. The minimum absolute atomic E-state index is 0.0976. The van der Waals surface area contributed by atoms with Gasteiger partial charge < -0.3 is 14.2 Å². The summed E-state index contributed by atoms with van der Waals surface area (Å²) in [6, 6.07) is 21.4. The van der Waals surface area contributed by atoms with Crippen LogP contribution in [0.5, 0.6) is 5.75 Å². The molecule has 0 N–H and O–H groups in total. The topological polar surface area (TPSA) is 34.5 Å². The first-order valence-electron chi connectivity index (χ1n) is 12.3. The number of halogens is 1. The molecular formula is C30H31FN2O2. The first-order chi connectivity index (χ1) is 17.0. The summed E-state index contributed by atoms with van der Waals surface area (Å²) in [7, 11) is 1.66. The molecule has 0 bridgehead atoms. The molecule has 0 aliphatic carbocycles. The zero-order chi connectivity index (χ0) is 24.4. The van der Waals surface area contributed by atoms with Gasteiger partial charge in [0.15, 0.2) is 0 Å². The number of hydrogen-bond donors (Lipinski definition) is 0. The van der Waals surface area contributed by atoms with E-state index in [0.29, 0.717) is 12.1 Å². The number of nitrogens with zero attached hydrogens (tertiary/aromatic N) is 2. The minimum Gasteiger partial charge on any atom is -0.497 e. The Bertz CT molecular complexity index is 1340. The van der Waals surface area contributed by atoms with Gasteiger partial charge in [0.05, 0.1) is 7.11 Å². The van der Waals surface area contributed by atoms with E-state index in [1.807, 2.05) is 42.2 Å². The molecule has 1 amide bonds. The molecule has 1 atom stereocenters. The van der Waals surface area contributed by atoms with Crippen molar-refractivity contribution in [2.75, 3.05) is 20.2 Å². The summed E-state index contributed by atoms with van der Waals surface area (Å²) in [6.45, 7) is 4.23. The Morgan fingerprint density at radius 1 is 1.00 bits per heavy atom. The minimum atomic E-state index is -0.356. The Morgan fingerprint density at radius 3 is 2.49 bits per heavy atom. The molecule has 0 saturated carbocycles. The first-order valence-corrected chi connectivity index (χ1v) is 12.3. The van der Waals surface area contributed by atoms with Crippen molar-refractivity contribution in [2.24, 2.45) is 0 Å². The quantitative estimate of drug-likeness (QED) is 0.318. The molecule has 1 saturated heterocycles. The Balaban J connectivity index is 1.58. The first kappa shape index (κ1) is 23.2. The molecule has 0 radical (unpaired) electrons. The fourth-order valence-corrected chi connectivity index (χ4v) is 5.20. The van der Waals surface area contributed by atoms with Crippen molar-refractivity contribution >= 4 is 16.8 Å². The second kappa shape index (κ2) is 9.95. The highest BCUT2D eigenvalue weighted by atomic mass is 19.1. The Labute approximate surface area is 205 Å². The van der Waals surface area contributed by atoms with Crippen molar-refractivity contribution in [1.29, 1.82) is 0 Å². The number of methoxy groups -OCH3 is 1. The normalized spacial score (nSPS) is 14.4. The number of amides is 1. The molecule has 2 heterocycles. The van der Waals surface area contributed by atoms with E-state index in [-0.39, 0.29) is 24.1 Å².